The molecule has 2 aromatic carbocycles. The van der Waals surface area contributed by atoms with Crippen molar-refractivity contribution in [3.63, 3.8) is 0 Å². The molecule has 2 rings (SSSR count). The predicted molar refractivity (Wildman–Crippen MR) is 94.0 cm³/mol. The number of carbonyl (C=O) groups is 1. The number of rotatable bonds is 7. The van der Waals surface area contributed by atoms with Crippen molar-refractivity contribution in [3.8, 4) is 5.75 Å². The number of hydrogen-bond donors (Lipinski definition) is 1. The first kappa shape index (κ1) is 20.5. The van der Waals surface area contributed by atoms with Crippen LogP contribution in [0.3, 0.4) is 0 Å². The molecule has 1 atom stereocenters. The molecule has 0 radical (unpaired) electrons. The second kappa shape index (κ2) is 8.75. The first-order valence-corrected chi connectivity index (χ1v) is 8.19. The molecule has 27 heavy (non-hydrogen) atoms. The van der Waals surface area contributed by atoms with Crippen LogP contribution in [-0.2, 0) is 11.3 Å². The lowest BCUT2D eigenvalue weighted by Gasteiger charge is -2.23. The van der Waals surface area contributed by atoms with E-state index in [0.717, 1.165) is 0 Å². The third kappa shape index (κ3) is 6.80. The zero-order chi connectivity index (χ0) is 20.0. The van der Waals surface area contributed by atoms with Gasteiger partial charge in [0.2, 0.25) is 5.91 Å². The Balaban J connectivity index is 1.89. The normalized spacial score (nSPS) is 12.4. The molecule has 0 aromatic heterocycles. The molecule has 1 N–H and O–H groups in total. The van der Waals surface area contributed by atoms with E-state index in [1.165, 1.54) is 41.3 Å². The number of benzene rings is 2. The number of ether oxygens (including phenoxy) is 1. The summed E-state index contributed by atoms with van der Waals surface area (Å²) in [6.45, 7) is 0.560. The van der Waals surface area contributed by atoms with Crippen molar-refractivity contribution < 1.29 is 27.1 Å². The van der Waals surface area contributed by atoms with Gasteiger partial charge in [-0.1, -0.05) is 12.1 Å². The highest BCUT2D eigenvalue weighted by Gasteiger charge is 2.28. The van der Waals surface area contributed by atoms with Gasteiger partial charge in [0.15, 0.2) is 6.61 Å². The van der Waals surface area contributed by atoms with E-state index in [0.29, 0.717) is 11.3 Å². The van der Waals surface area contributed by atoms with E-state index in [9.17, 15) is 22.4 Å². The number of amides is 1. The fraction of sp³-hybridized carbons (Fsp3) is 0.316. The van der Waals surface area contributed by atoms with Gasteiger partial charge < -0.3 is 15.0 Å². The van der Waals surface area contributed by atoms with Gasteiger partial charge in [-0.15, -0.1) is 0 Å². The fourth-order valence-corrected chi connectivity index (χ4v) is 2.44. The van der Waals surface area contributed by atoms with Crippen LogP contribution in [0.25, 0.3) is 0 Å². The molecule has 0 heterocycles. The molecule has 4 nitrogen and oxygen atoms in total. The molecule has 0 aliphatic heterocycles. The number of halogens is 4. The van der Waals surface area contributed by atoms with E-state index in [4.69, 9.17) is 0 Å². The first-order chi connectivity index (χ1) is 12.6. The average Bonchev–Trinajstić information content (AvgIpc) is 2.59. The van der Waals surface area contributed by atoms with E-state index in [1.54, 1.807) is 26.1 Å². The smallest absolute Gasteiger partial charge is 0.422 e. The second-order valence-corrected chi connectivity index (χ2v) is 6.12. The second-order valence-electron chi connectivity index (χ2n) is 6.12. The summed E-state index contributed by atoms with van der Waals surface area (Å²) in [6.07, 6.45) is -4.40. The highest BCUT2D eigenvalue weighted by Crippen LogP contribution is 2.20. The van der Waals surface area contributed by atoms with Crippen molar-refractivity contribution in [1.29, 1.82) is 0 Å². The Hall–Kier alpha value is -2.77. The van der Waals surface area contributed by atoms with Crippen molar-refractivity contribution in [2.45, 2.75) is 25.7 Å². The van der Waals surface area contributed by atoms with Crippen molar-refractivity contribution in [2.24, 2.45) is 0 Å². The third-order valence-electron chi connectivity index (χ3n) is 3.70. The van der Waals surface area contributed by atoms with Gasteiger partial charge in [0.1, 0.15) is 17.6 Å². The maximum absolute atomic E-state index is 13.2. The average molecular weight is 384 g/mol. The molecule has 0 fully saturated rings. The molecule has 8 heteroatoms. The van der Waals surface area contributed by atoms with Crippen LogP contribution in [-0.4, -0.2) is 36.7 Å². The van der Waals surface area contributed by atoms with E-state index in [-0.39, 0.29) is 24.0 Å². The highest BCUT2D eigenvalue weighted by atomic mass is 19.4. The van der Waals surface area contributed by atoms with Gasteiger partial charge in [-0.3, -0.25) is 4.79 Å². The monoisotopic (exact) mass is 384 g/mol. The molecule has 1 unspecified atom stereocenters. The molecule has 0 aliphatic rings. The summed E-state index contributed by atoms with van der Waals surface area (Å²) in [5, 5.41) is 2.98. The first-order valence-electron chi connectivity index (χ1n) is 8.19. The summed E-state index contributed by atoms with van der Waals surface area (Å²) in [7, 11) is 1.61. The van der Waals surface area contributed by atoms with E-state index in [2.05, 4.69) is 10.1 Å². The molecule has 0 saturated heterocycles. The SMILES string of the molecule is CC(Nc1ccc(OCC(F)(F)F)cc1)C(=O)N(C)Cc1cccc(F)c1. The third-order valence-corrected chi connectivity index (χ3v) is 3.70. The van der Waals surface area contributed by atoms with Gasteiger partial charge in [0, 0.05) is 19.3 Å². The number of alkyl halides is 3. The molecule has 2 aromatic rings. The minimum absolute atomic E-state index is 0.0834. The van der Waals surface area contributed by atoms with Crippen LogP contribution >= 0.6 is 0 Å². The Kier molecular flexibility index (Phi) is 6.65. The van der Waals surface area contributed by atoms with E-state index < -0.39 is 18.8 Å². The quantitative estimate of drug-likeness (QED) is 0.727. The predicted octanol–water partition coefficient (Wildman–Crippen LogP) is 4.23. The number of hydrogen-bond acceptors (Lipinski definition) is 3. The molecule has 0 bridgehead atoms. The number of anilines is 1. The topological polar surface area (TPSA) is 41.6 Å². The summed E-state index contributed by atoms with van der Waals surface area (Å²) in [5.74, 6) is -0.496. The van der Waals surface area contributed by atoms with Crippen LogP contribution < -0.4 is 10.1 Å². The zero-order valence-electron chi connectivity index (χ0n) is 14.9. The molecule has 146 valence electrons. The summed E-state index contributed by atoms with van der Waals surface area (Å²) in [5.41, 5.74) is 1.23. The number of likely N-dealkylation sites (N-methyl/N-ethyl adjacent to an activating group) is 1. The minimum Gasteiger partial charge on any atom is -0.484 e. The minimum atomic E-state index is -4.40. The maximum Gasteiger partial charge on any atom is 0.422 e. The van der Waals surface area contributed by atoms with Gasteiger partial charge in [0.05, 0.1) is 0 Å². The summed E-state index contributed by atoms with van der Waals surface area (Å²) in [4.78, 5) is 13.9. The Labute approximate surface area is 154 Å². The van der Waals surface area contributed by atoms with Crippen LogP contribution in [0.15, 0.2) is 48.5 Å². The molecular weight excluding hydrogens is 364 g/mol. The van der Waals surface area contributed by atoms with E-state index in [1.807, 2.05) is 0 Å². The lowest BCUT2D eigenvalue weighted by Crippen LogP contribution is -2.38. The maximum atomic E-state index is 13.2. The fourth-order valence-electron chi connectivity index (χ4n) is 2.44. The van der Waals surface area contributed by atoms with Crippen molar-refractivity contribution in [3.05, 3.63) is 59.9 Å². The van der Waals surface area contributed by atoms with Crippen LogP contribution in [0.1, 0.15) is 12.5 Å². The largest absolute Gasteiger partial charge is 0.484 e. The highest BCUT2D eigenvalue weighted by molar-refractivity contribution is 5.84. The summed E-state index contributed by atoms with van der Waals surface area (Å²) in [6, 6.07) is 11.3. The molecule has 1 amide bonds. The van der Waals surface area contributed by atoms with Crippen molar-refractivity contribution >= 4 is 11.6 Å². The van der Waals surface area contributed by atoms with Crippen LogP contribution in [0.2, 0.25) is 0 Å². The van der Waals surface area contributed by atoms with E-state index >= 15 is 0 Å². The number of nitrogens with one attached hydrogen (secondary N) is 1. The lowest BCUT2D eigenvalue weighted by atomic mass is 10.2. The zero-order valence-corrected chi connectivity index (χ0v) is 14.9. The van der Waals surface area contributed by atoms with Crippen LogP contribution in [0.5, 0.6) is 5.75 Å². The number of carbonyl (C=O) groups excluding carboxylic acids is 1. The van der Waals surface area contributed by atoms with Crippen LogP contribution in [0, 0.1) is 5.82 Å². The number of nitrogens with zero attached hydrogens (tertiary/aromatic N) is 1. The van der Waals surface area contributed by atoms with Gasteiger partial charge in [-0.2, -0.15) is 13.2 Å². The van der Waals surface area contributed by atoms with Gasteiger partial charge in [-0.05, 0) is 48.9 Å². The molecular formula is C19H20F4N2O2. The summed E-state index contributed by atoms with van der Waals surface area (Å²) >= 11 is 0. The van der Waals surface area contributed by atoms with Crippen molar-refractivity contribution in [2.75, 3.05) is 19.0 Å². The Morgan fingerprint density at radius 3 is 2.44 bits per heavy atom. The Morgan fingerprint density at radius 1 is 1.19 bits per heavy atom. The lowest BCUT2D eigenvalue weighted by molar-refractivity contribution is -0.153. The van der Waals surface area contributed by atoms with Gasteiger partial charge in [0.25, 0.3) is 0 Å². The Bertz CT molecular complexity index is 763. The van der Waals surface area contributed by atoms with Crippen molar-refractivity contribution in [1.82, 2.24) is 4.90 Å². The van der Waals surface area contributed by atoms with Crippen LogP contribution in [0.4, 0.5) is 23.2 Å². The molecule has 0 saturated carbocycles. The Morgan fingerprint density at radius 2 is 1.85 bits per heavy atom. The van der Waals surface area contributed by atoms with Gasteiger partial charge >= 0.3 is 6.18 Å². The van der Waals surface area contributed by atoms with Gasteiger partial charge in [-0.25, -0.2) is 4.39 Å². The summed E-state index contributed by atoms with van der Waals surface area (Å²) < 4.78 is 54.3. The molecule has 0 spiro atoms. The standard InChI is InChI=1S/C19H20F4N2O2/c1-13(18(26)25(2)11-14-4-3-5-15(20)10-14)24-16-6-8-17(9-7-16)27-12-19(21,22)23/h3-10,13,24H,11-12H2,1-2H3. The molecule has 0 aliphatic carbocycles.